The Morgan fingerprint density at radius 3 is 2.86 bits per heavy atom. The van der Waals surface area contributed by atoms with Gasteiger partial charge in [0.1, 0.15) is 5.75 Å². The minimum atomic E-state index is -3.07. The van der Waals surface area contributed by atoms with Crippen molar-refractivity contribution in [2.45, 2.75) is 25.6 Å². The van der Waals surface area contributed by atoms with Gasteiger partial charge in [0, 0.05) is 25.4 Å². The van der Waals surface area contributed by atoms with Gasteiger partial charge in [-0.2, -0.15) is 0 Å². The van der Waals surface area contributed by atoms with Crippen LogP contribution in [0, 0.1) is 6.92 Å². The van der Waals surface area contributed by atoms with Gasteiger partial charge in [0.15, 0.2) is 9.84 Å². The van der Waals surface area contributed by atoms with Crippen LogP contribution in [-0.4, -0.2) is 36.3 Å². The topological polar surface area (TPSA) is 74.1 Å². The number of ether oxygens (including phenoxy) is 1. The molecular formula is C14H19N3O3S. The molecule has 0 spiro atoms. The smallest absolute Gasteiger partial charge is 0.153 e. The lowest BCUT2D eigenvalue weighted by molar-refractivity contribution is 0.298. The zero-order chi connectivity index (χ0) is 15.3. The number of nitrogens with zero attached hydrogens (tertiary/aromatic N) is 3. The van der Waals surface area contributed by atoms with E-state index in [-0.39, 0.29) is 5.75 Å². The summed E-state index contributed by atoms with van der Waals surface area (Å²) in [6, 6.07) is 7.89. The Hall–Kier alpha value is -1.89. The number of aryl methyl sites for hydroxylation is 2. The molecule has 1 aromatic carbocycles. The first-order valence-electron chi connectivity index (χ1n) is 6.68. The summed E-state index contributed by atoms with van der Waals surface area (Å²) >= 11 is 0. The normalized spacial score (nSPS) is 11.5. The van der Waals surface area contributed by atoms with Crippen LogP contribution in [0.5, 0.6) is 5.75 Å². The minimum absolute atomic E-state index is 0.0766. The molecule has 0 bridgehead atoms. The highest BCUT2D eigenvalue weighted by Crippen LogP contribution is 2.12. The third-order valence-electron chi connectivity index (χ3n) is 2.79. The highest BCUT2D eigenvalue weighted by atomic mass is 32.2. The molecule has 1 heterocycles. The summed E-state index contributed by atoms with van der Waals surface area (Å²) in [6.45, 7) is 3.24. The van der Waals surface area contributed by atoms with Crippen molar-refractivity contribution in [2.75, 3.05) is 12.9 Å². The molecule has 0 radical (unpaired) electrons. The molecule has 21 heavy (non-hydrogen) atoms. The van der Waals surface area contributed by atoms with Crippen molar-refractivity contribution in [3.63, 3.8) is 0 Å². The fraction of sp³-hybridized carbons (Fsp3) is 0.429. The lowest BCUT2D eigenvalue weighted by atomic mass is 10.2. The van der Waals surface area contributed by atoms with Crippen LogP contribution in [0.1, 0.15) is 17.7 Å². The predicted molar refractivity (Wildman–Crippen MR) is 79.9 cm³/mol. The summed E-state index contributed by atoms with van der Waals surface area (Å²) in [5.41, 5.74) is 1.63. The van der Waals surface area contributed by atoms with E-state index in [4.69, 9.17) is 4.74 Å². The van der Waals surface area contributed by atoms with Gasteiger partial charge in [-0.1, -0.05) is 17.3 Å². The first kappa shape index (κ1) is 15.5. The Bertz CT molecular complexity index is 695. The van der Waals surface area contributed by atoms with Crippen LogP contribution in [0.15, 0.2) is 30.5 Å². The molecule has 0 amide bonds. The van der Waals surface area contributed by atoms with Crippen molar-refractivity contribution in [3.8, 4) is 5.75 Å². The van der Waals surface area contributed by atoms with Gasteiger partial charge in [-0.15, -0.1) is 5.10 Å². The molecule has 0 N–H and O–H groups in total. The number of hydrogen-bond donors (Lipinski definition) is 0. The standard InChI is InChI=1S/C14H19N3O3S/c1-12-5-3-6-14(9-12)20-8-4-7-17-10-13(15-16-17)11-21(2,18)19/h3,5-6,9-10H,4,7-8,11H2,1-2H3. The number of aromatic nitrogens is 3. The van der Waals surface area contributed by atoms with Crippen molar-refractivity contribution in [3.05, 3.63) is 41.7 Å². The van der Waals surface area contributed by atoms with Gasteiger partial charge in [0.25, 0.3) is 0 Å². The van der Waals surface area contributed by atoms with Crippen LogP contribution in [0.3, 0.4) is 0 Å². The summed E-state index contributed by atoms with van der Waals surface area (Å²) in [7, 11) is -3.07. The molecule has 7 heteroatoms. The third kappa shape index (κ3) is 5.55. The van der Waals surface area contributed by atoms with E-state index >= 15 is 0 Å². The second-order valence-electron chi connectivity index (χ2n) is 5.06. The minimum Gasteiger partial charge on any atom is -0.494 e. The van der Waals surface area contributed by atoms with Gasteiger partial charge >= 0.3 is 0 Å². The zero-order valence-corrected chi connectivity index (χ0v) is 13.0. The average molecular weight is 309 g/mol. The van der Waals surface area contributed by atoms with E-state index in [2.05, 4.69) is 10.3 Å². The van der Waals surface area contributed by atoms with Gasteiger partial charge in [0.05, 0.1) is 18.1 Å². The Balaban J connectivity index is 1.76. The average Bonchev–Trinajstić information content (AvgIpc) is 2.80. The van der Waals surface area contributed by atoms with Gasteiger partial charge < -0.3 is 4.74 Å². The maximum Gasteiger partial charge on any atom is 0.153 e. The maximum absolute atomic E-state index is 11.2. The van der Waals surface area contributed by atoms with E-state index < -0.39 is 9.84 Å². The molecule has 0 saturated heterocycles. The van der Waals surface area contributed by atoms with Crippen LogP contribution in [0.25, 0.3) is 0 Å². The monoisotopic (exact) mass is 309 g/mol. The van der Waals surface area contributed by atoms with Gasteiger partial charge in [0.2, 0.25) is 0 Å². The summed E-state index contributed by atoms with van der Waals surface area (Å²) in [5.74, 6) is 0.777. The summed E-state index contributed by atoms with van der Waals surface area (Å²) in [4.78, 5) is 0. The maximum atomic E-state index is 11.2. The Morgan fingerprint density at radius 1 is 1.33 bits per heavy atom. The van der Waals surface area contributed by atoms with Crippen molar-refractivity contribution in [2.24, 2.45) is 0 Å². The van der Waals surface area contributed by atoms with Crippen LogP contribution >= 0.6 is 0 Å². The Kier molecular flexibility index (Phi) is 4.95. The van der Waals surface area contributed by atoms with E-state index in [1.807, 2.05) is 31.2 Å². The second-order valence-corrected chi connectivity index (χ2v) is 7.20. The fourth-order valence-electron chi connectivity index (χ4n) is 1.90. The quantitative estimate of drug-likeness (QED) is 0.726. The zero-order valence-electron chi connectivity index (χ0n) is 12.2. The predicted octanol–water partition coefficient (Wildman–Crippen LogP) is 1.60. The van der Waals surface area contributed by atoms with Gasteiger partial charge in [-0.05, 0) is 24.6 Å². The number of hydrogen-bond acceptors (Lipinski definition) is 5. The van der Waals surface area contributed by atoms with E-state index in [0.29, 0.717) is 18.8 Å². The molecule has 1 aromatic heterocycles. The van der Waals surface area contributed by atoms with Gasteiger partial charge in [-0.25, -0.2) is 8.42 Å². The highest BCUT2D eigenvalue weighted by molar-refractivity contribution is 7.89. The summed E-state index contributed by atoms with van der Waals surface area (Å²) < 4.78 is 29.6. The number of benzene rings is 1. The lowest BCUT2D eigenvalue weighted by Gasteiger charge is -2.06. The molecule has 0 unspecified atom stereocenters. The van der Waals surface area contributed by atoms with Crippen molar-refractivity contribution in [1.29, 1.82) is 0 Å². The molecule has 2 aromatic rings. The first-order valence-corrected chi connectivity index (χ1v) is 8.75. The molecule has 0 aliphatic heterocycles. The summed E-state index contributed by atoms with van der Waals surface area (Å²) in [6.07, 6.45) is 3.62. The number of sulfone groups is 1. The Labute approximate surface area is 124 Å². The molecule has 0 fully saturated rings. The van der Waals surface area contributed by atoms with Crippen molar-refractivity contribution >= 4 is 9.84 Å². The van der Waals surface area contributed by atoms with Crippen LogP contribution in [-0.2, 0) is 22.1 Å². The third-order valence-corrected chi connectivity index (χ3v) is 3.61. The molecular weight excluding hydrogens is 290 g/mol. The molecule has 0 saturated carbocycles. The number of rotatable bonds is 7. The van der Waals surface area contributed by atoms with Crippen LogP contribution < -0.4 is 4.74 Å². The van der Waals surface area contributed by atoms with E-state index in [0.717, 1.165) is 17.7 Å². The van der Waals surface area contributed by atoms with Crippen molar-refractivity contribution in [1.82, 2.24) is 15.0 Å². The largest absolute Gasteiger partial charge is 0.494 e. The first-order chi connectivity index (χ1) is 9.92. The molecule has 0 aliphatic rings. The lowest BCUT2D eigenvalue weighted by Crippen LogP contribution is -2.05. The Morgan fingerprint density at radius 2 is 2.14 bits per heavy atom. The van der Waals surface area contributed by atoms with E-state index in [9.17, 15) is 8.42 Å². The molecule has 6 nitrogen and oxygen atoms in total. The van der Waals surface area contributed by atoms with Crippen LogP contribution in [0.4, 0.5) is 0 Å². The van der Waals surface area contributed by atoms with Gasteiger partial charge in [-0.3, -0.25) is 4.68 Å². The molecule has 114 valence electrons. The second kappa shape index (κ2) is 6.71. The molecule has 0 atom stereocenters. The van der Waals surface area contributed by atoms with Crippen LogP contribution in [0.2, 0.25) is 0 Å². The van der Waals surface area contributed by atoms with E-state index in [1.165, 1.54) is 6.26 Å². The fourth-order valence-corrected chi connectivity index (χ4v) is 2.57. The SMILES string of the molecule is Cc1cccc(OCCCn2cc(CS(C)(=O)=O)nn2)c1. The highest BCUT2D eigenvalue weighted by Gasteiger charge is 2.08. The summed E-state index contributed by atoms with van der Waals surface area (Å²) in [5, 5.41) is 7.75. The molecule has 0 aliphatic carbocycles. The molecule has 2 rings (SSSR count). The van der Waals surface area contributed by atoms with Crippen molar-refractivity contribution < 1.29 is 13.2 Å². The van der Waals surface area contributed by atoms with E-state index in [1.54, 1.807) is 10.9 Å².